The van der Waals surface area contributed by atoms with E-state index in [2.05, 4.69) is 9.71 Å². The highest BCUT2D eigenvalue weighted by molar-refractivity contribution is 7.80. The first kappa shape index (κ1) is 9.88. The van der Waals surface area contributed by atoms with Gasteiger partial charge in [-0.1, -0.05) is 0 Å². The van der Waals surface area contributed by atoms with Crippen LogP contribution in [-0.4, -0.2) is 13.7 Å². The fourth-order valence-corrected chi connectivity index (χ4v) is 1.65. The summed E-state index contributed by atoms with van der Waals surface area (Å²) in [7, 11) is 0. The van der Waals surface area contributed by atoms with Gasteiger partial charge < -0.3 is 4.98 Å². The summed E-state index contributed by atoms with van der Waals surface area (Å²) in [4.78, 5) is 13.6. The van der Waals surface area contributed by atoms with Crippen LogP contribution < -0.4 is 10.3 Å². The van der Waals surface area contributed by atoms with Crippen LogP contribution in [0.4, 0.5) is 5.69 Å². The van der Waals surface area contributed by atoms with E-state index in [0.717, 1.165) is 5.39 Å². The average molecular weight is 224 g/mol. The summed E-state index contributed by atoms with van der Waals surface area (Å²) < 4.78 is 21.5. The molecule has 0 aliphatic heterocycles. The van der Waals surface area contributed by atoms with Gasteiger partial charge in [-0.15, -0.1) is 0 Å². The molecule has 6 heteroatoms. The van der Waals surface area contributed by atoms with Gasteiger partial charge in [-0.05, 0) is 24.3 Å². The van der Waals surface area contributed by atoms with Crippen LogP contribution in [0.5, 0.6) is 0 Å². The summed E-state index contributed by atoms with van der Waals surface area (Å²) in [5, 5.41) is 0.796. The molecule has 0 fully saturated rings. The second kappa shape index (κ2) is 3.84. The van der Waals surface area contributed by atoms with Crippen molar-refractivity contribution < 1.29 is 8.76 Å². The van der Waals surface area contributed by atoms with E-state index in [4.69, 9.17) is 4.55 Å². The minimum absolute atomic E-state index is 0.172. The number of hydrogen-bond acceptors (Lipinski definition) is 2. The van der Waals surface area contributed by atoms with E-state index in [-0.39, 0.29) is 5.56 Å². The molecule has 0 amide bonds. The van der Waals surface area contributed by atoms with Crippen LogP contribution in [0.2, 0.25) is 0 Å². The van der Waals surface area contributed by atoms with Crippen LogP contribution in [0.25, 0.3) is 10.9 Å². The van der Waals surface area contributed by atoms with E-state index >= 15 is 0 Å². The molecule has 0 spiro atoms. The highest BCUT2D eigenvalue weighted by Gasteiger charge is 1.98. The Hall–Kier alpha value is -1.66. The molecule has 5 nitrogen and oxygen atoms in total. The van der Waals surface area contributed by atoms with Gasteiger partial charge in [-0.2, -0.15) is 0 Å². The lowest BCUT2D eigenvalue weighted by Crippen LogP contribution is -2.04. The lowest BCUT2D eigenvalue weighted by atomic mass is 10.2. The Bertz CT molecular complexity index is 579. The number of H-pyrrole nitrogens is 1. The normalized spacial score (nSPS) is 12.6. The molecule has 0 radical (unpaired) electrons. The molecular weight excluding hydrogens is 216 g/mol. The highest BCUT2D eigenvalue weighted by atomic mass is 32.2. The summed E-state index contributed by atoms with van der Waals surface area (Å²) in [5.41, 5.74) is 1.04. The Balaban J connectivity index is 2.52. The molecule has 1 aromatic carbocycles. The molecule has 1 heterocycles. The number of hydrogen-bond donors (Lipinski definition) is 3. The Morgan fingerprint density at radius 3 is 2.80 bits per heavy atom. The Morgan fingerprint density at radius 2 is 2.07 bits per heavy atom. The summed E-state index contributed by atoms with van der Waals surface area (Å²) in [6, 6.07) is 8.03. The van der Waals surface area contributed by atoms with Crippen molar-refractivity contribution in [3.63, 3.8) is 0 Å². The maximum Gasteiger partial charge on any atom is 0.259 e. The molecule has 78 valence electrons. The summed E-state index contributed by atoms with van der Waals surface area (Å²) in [6.45, 7) is 0. The maximum atomic E-state index is 11.0. The summed E-state index contributed by atoms with van der Waals surface area (Å²) in [5.74, 6) is 0. The first-order valence-electron chi connectivity index (χ1n) is 4.16. The molecule has 1 atom stereocenters. The van der Waals surface area contributed by atoms with Crippen LogP contribution in [0.3, 0.4) is 0 Å². The highest BCUT2D eigenvalue weighted by Crippen LogP contribution is 2.16. The summed E-state index contributed by atoms with van der Waals surface area (Å²) >= 11 is -2.09. The number of benzene rings is 1. The van der Waals surface area contributed by atoms with Crippen LogP contribution in [0.1, 0.15) is 0 Å². The largest absolute Gasteiger partial charge is 0.322 e. The molecule has 0 aliphatic carbocycles. The quantitative estimate of drug-likeness (QED) is 0.667. The van der Waals surface area contributed by atoms with Crippen molar-refractivity contribution in [2.75, 3.05) is 4.72 Å². The number of rotatable bonds is 2. The van der Waals surface area contributed by atoms with Gasteiger partial charge in [0.25, 0.3) is 11.3 Å². The smallest absolute Gasteiger partial charge is 0.259 e. The van der Waals surface area contributed by atoms with E-state index < -0.39 is 11.3 Å². The third-order valence-electron chi connectivity index (χ3n) is 1.93. The molecule has 1 unspecified atom stereocenters. The standard InChI is InChI=1S/C9H8N2O3S/c12-9-4-1-6-5-7(11-15(13)14)2-3-8(6)10-9/h1-5,11H,(H,10,12)(H,13,14). The third-order valence-corrected chi connectivity index (χ3v) is 2.34. The minimum atomic E-state index is -2.09. The van der Waals surface area contributed by atoms with E-state index in [9.17, 15) is 9.00 Å². The van der Waals surface area contributed by atoms with Gasteiger partial charge in [0.1, 0.15) is 0 Å². The van der Waals surface area contributed by atoms with Gasteiger partial charge >= 0.3 is 0 Å². The molecule has 15 heavy (non-hydrogen) atoms. The van der Waals surface area contributed by atoms with Gasteiger partial charge in [0, 0.05) is 22.7 Å². The van der Waals surface area contributed by atoms with Crippen molar-refractivity contribution in [2.24, 2.45) is 0 Å². The molecule has 0 bridgehead atoms. The molecule has 2 rings (SSSR count). The number of fused-ring (bicyclic) bond motifs is 1. The zero-order valence-corrected chi connectivity index (χ0v) is 8.38. The molecule has 1 aromatic heterocycles. The number of pyridine rings is 1. The van der Waals surface area contributed by atoms with Gasteiger partial charge in [0.05, 0.1) is 0 Å². The zero-order chi connectivity index (χ0) is 10.8. The molecule has 0 aliphatic rings. The van der Waals surface area contributed by atoms with Gasteiger partial charge in [-0.3, -0.25) is 14.1 Å². The molecule has 2 aromatic rings. The molecule has 3 N–H and O–H groups in total. The number of aromatic nitrogens is 1. The van der Waals surface area contributed by atoms with Crippen LogP contribution in [0, 0.1) is 0 Å². The summed E-state index contributed by atoms with van der Waals surface area (Å²) in [6.07, 6.45) is 0. The third kappa shape index (κ3) is 2.23. The Kier molecular flexibility index (Phi) is 2.53. The molecular formula is C9H8N2O3S. The van der Waals surface area contributed by atoms with Crippen LogP contribution >= 0.6 is 0 Å². The number of nitrogens with one attached hydrogen (secondary N) is 2. The SMILES string of the molecule is O=c1ccc2cc(NS(=O)O)ccc2[nH]1. The topological polar surface area (TPSA) is 82.2 Å². The lowest BCUT2D eigenvalue weighted by Gasteiger charge is -2.02. The van der Waals surface area contributed by atoms with Crippen molar-refractivity contribution in [1.29, 1.82) is 0 Å². The van der Waals surface area contributed by atoms with Crippen molar-refractivity contribution in [2.45, 2.75) is 0 Å². The van der Waals surface area contributed by atoms with Crippen LogP contribution in [-0.2, 0) is 11.3 Å². The first-order chi connectivity index (χ1) is 7.15. The van der Waals surface area contributed by atoms with E-state index in [1.165, 1.54) is 6.07 Å². The van der Waals surface area contributed by atoms with Crippen molar-refractivity contribution in [3.05, 3.63) is 40.7 Å². The van der Waals surface area contributed by atoms with Crippen molar-refractivity contribution in [3.8, 4) is 0 Å². The predicted molar refractivity (Wildman–Crippen MR) is 59.0 cm³/mol. The first-order valence-corrected chi connectivity index (χ1v) is 5.26. The average Bonchev–Trinajstić information content (AvgIpc) is 2.17. The number of aromatic amines is 1. The van der Waals surface area contributed by atoms with E-state index in [1.807, 2.05) is 0 Å². The second-order valence-electron chi connectivity index (χ2n) is 2.98. The Labute approximate surface area is 87.6 Å². The van der Waals surface area contributed by atoms with Gasteiger partial charge in [0.15, 0.2) is 0 Å². The molecule has 0 saturated carbocycles. The second-order valence-corrected chi connectivity index (χ2v) is 3.68. The van der Waals surface area contributed by atoms with Gasteiger partial charge in [-0.25, -0.2) is 4.21 Å². The lowest BCUT2D eigenvalue weighted by molar-refractivity contribution is 0.570. The zero-order valence-electron chi connectivity index (χ0n) is 7.56. The van der Waals surface area contributed by atoms with Gasteiger partial charge in [0.2, 0.25) is 5.56 Å². The molecule has 0 saturated heterocycles. The van der Waals surface area contributed by atoms with Crippen LogP contribution in [0.15, 0.2) is 35.1 Å². The van der Waals surface area contributed by atoms with E-state index in [0.29, 0.717) is 11.2 Å². The van der Waals surface area contributed by atoms with Crippen molar-refractivity contribution in [1.82, 2.24) is 4.98 Å². The Morgan fingerprint density at radius 1 is 1.27 bits per heavy atom. The fraction of sp³-hybridized carbons (Fsp3) is 0. The predicted octanol–water partition coefficient (Wildman–Crippen LogP) is 1.08. The van der Waals surface area contributed by atoms with E-state index in [1.54, 1.807) is 24.3 Å². The number of anilines is 1. The minimum Gasteiger partial charge on any atom is -0.322 e. The fourth-order valence-electron chi connectivity index (χ4n) is 1.32. The van der Waals surface area contributed by atoms with Crippen molar-refractivity contribution >= 4 is 27.9 Å². The monoisotopic (exact) mass is 224 g/mol. The maximum absolute atomic E-state index is 11.0.